The number of nitrogens with one attached hydrogen (secondary N) is 1. The monoisotopic (exact) mass is 353 g/mol. The highest BCUT2D eigenvalue weighted by atomic mass is 19.4. The number of amides is 1. The molecule has 1 aromatic carbocycles. The average molecular weight is 353 g/mol. The lowest BCUT2D eigenvalue weighted by Crippen LogP contribution is -2.41. The molecule has 5 nitrogen and oxygen atoms in total. The molecule has 0 radical (unpaired) electrons. The summed E-state index contributed by atoms with van der Waals surface area (Å²) in [6.45, 7) is 0. The van der Waals surface area contributed by atoms with Crippen molar-refractivity contribution in [2.75, 3.05) is 0 Å². The van der Waals surface area contributed by atoms with Crippen molar-refractivity contribution in [3.8, 4) is 0 Å². The molecule has 0 bridgehead atoms. The van der Waals surface area contributed by atoms with Gasteiger partial charge in [0.25, 0.3) is 5.91 Å². The first kappa shape index (κ1) is 17.5. The molecule has 0 saturated heterocycles. The van der Waals surface area contributed by atoms with Crippen LogP contribution in [0.3, 0.4) is 0 Å². The Bertz CT molecular complexity index is 749. The number of hydrogen-bond acceptors (Lipinski definition) is 3. The van der Waals surface area contributed by atoms with Gasteiger partial charge in [-0.25, -0.2) is 0 Å². The minimum Gasteiger partial charge on any atom is -0.393 e. The van der Waals surface area contributed by atoms with Gasteiger partial charge in [0.05, 0.1) is 23.9 Å². The van der Waals surface area contributed by atoms with Crippen molar-refractivity contribution >= 4 is 5.91 Å². The molecule has 2 aromatic rings. The number of nitrogens with zero attached hydrogens (tertiary/aromatic N) is 2. The van der Waals surface area contributed by atoms with E-state index in [-0.39, 0.29) is 23.6 Å². The van der Waals surface area contributed by atoms with Gasteiger partial charge in [-0.3, -0.25) is 9.48 Å². The number of rotatable bonds is 4. The molecule has 1 aliphatic carbocycles. The predicted octanol–water partition coefficient (Wildman–Crippen LogP) is 2.68. The van der Waals surface area contributed by atoms with Gasteiger partial charge >= 0.3 is 6.18 Å². The summed E-state index contributed by atoms with van der Waals surface area (Å²) in [6, 6.07) is 3.76. The van der Waals surface area contributed by atoms with E-state index in [1.54, 1.807) is 24.1 Å². The third kappa shape index (κ3) is 3.84. The molecular formula is C17H18F3N3O2. The van der Waals surface area contributed by atoms with Crippen molar-refractivity contribution in [3.05, 3.63) is 53.3 Å². The van der Waals surface area contributed by atoms with E-state index >= 15 is 0 Å². The van der Waals surface area contributed by atoms with Crippen molar-refractivity contribution in [2.45, 2.75) is 31.2 Å². The van der Waals surface area contributed by atoms with Crippen LogP contribution in [0.25, 0.3) is 0 Å². The maximum absolute atomic E-state index is 12.6. The summed E-state index contributed by atoms with van der Waals surface area (Å²) in [6.07, 6.45) is -0.271. The molecule has 0 aliphatic heterocycles. The number of aliphatic hydroxyl groups excluding tert-OH is 1. The smallest absolute Gasteiger partial charge is 0.393 e. The fourth-order valence-electron chi connectivity index (χ4n) is 3.01. The Morgan fingerprint density at radius 3 is 2.44 bits per heavy atom. The summed E-state index contributed by atoms with van der Waals surface area (Å²) < 4.78 is 39.5. The van der Waals surface area contributed by atoms with Crippen LogP contribution < -0.4 is 5.32 Å². The van der Waals surface area contributed by atoms with Crippen molar-refractivity contribution in [3.63, 3.8) is 0 Å². The number of carbonyl (C=O) groups excluding carboxylic acids is 1. The lowest BCUT2D eigenvalue weighted by molar-refractivity contribution is -0.137. The van der Waals surface area contributed by atoms with Gasteiger partial charge < -0.3 is 10.4 Å². The number of aromatic nitrogens is 2. The van der Waals surface area contributed by atoms with Crippen LogP contribution in [0, 0.1) is 5.92 Å². The Morgan fingerprint density at radius 2 is 1.96 bits per heavy atom. The van der Waals surface area contributed by atoms with Gasteiger partial charge in [0.15, 0.2) is 0 Å². The fourth-order valence-corrected chi connectivity index (χ4v) is 3.01. The SMILES string of the molecule is Cn1cc(C(NC(=O)c2ccc(C(F)(F)F)cc2)C2CC(O)C2)cn1. The lowest BCUT2D eigenvalue weighted by atomic mass is 9.75. The zero-order chi connectivity index (χ0) is 18.2. The van der Waals surface area contributed by atoms with Gasteiger partial charge in [0, 0.05) is 24.4 Å². The topological polar surface area (TPSA) is 67.2 Å². The quantitative estimate of drug-likeness (QED) is 0.888. The second kappa shape index (κ2) is 6.51. The highest BCUT2D eigenvalue weighted by Gasteiger charge is 2.36. The van der Waals surface area contributed by atoms with Crippen LogP contribution >= 0.6 is 0 Å². The molecule has 8 heteroatoms. The zero-order valence-electron chi connectivity index (χ0n) is 13.5. The van der Waals surface area contributed by atoms with Gasteiger partial charge in [-0.15, -0.1) is 0 Å². The first-order chi connectivity index (χ1) is 11.7. The van der Waals surface area contributed by atoms with E-state index in [2.05, 4.69) is 10.4 Å². The van der Waals surface area contributed by atoms with E-state index in [9.17, 15) is 23.1 Å². The molecule has 25 heavy (non-hydrogen) atoms. The van der Waals surface area contributed by atoms with Gasteiger partial charge in [-0.2, -0.15) is 18.3 Å². The van der Waals surface area contributed by atoms with Gasteiger partial charge in [0.2, 0.25) is 0 Å². The van der Waals surface area contributed by atoms with Crippen LogP contribution in [-0.2, 0) is 13.2 Å². The molecular weight excluding hydrogens is 335 g/mol. The summed E-state index contributed by atoms with van der Waals surface area (Å²) in [7, 11) is 1.76. The maximum atomic E-state index is 12.6. The maximum Gasteiger partial charge on any atom is 0.416 e. The molecule has 3 rings (SSSR count). The molecule has 1 unspecified atom stereocenters. The standard InChI is InChI=1S/C17H18F3N3O2/c1-23-9-12(8-21-23)15(11-6-14(24)7-11)22-16(25)10-2-4-13(5-3-10)17(18,19)20/h2-5,8-9,11,14-15,24H,6-7H2,1H3,(H,22,25). The largest absolute Gasteiger partial charge is 0.416 e. The number of benzene rings is 1. The summed E-state index contributed by atoms with van der Waals surface area (Å²) in [5.41, 5.74) is 0.163. The van der Waals surface area contributed by atoms with E-state index < -0.39 is 17.6 Å². The van der Waals surface area contributed by atoms with Crippen LogP contribution in [0.4, 0.5) is 13.2 Å². The first-order valence-electron chi connectivity index (χ1n) is 7.89. The Labute approximate surface area is 142 Å². The van der Waals surface area contributed by atoms with E-state index in [0.29, 0.717) is 12.8 Å². The Kier molecular flexibility index (Phi) is 4.55. The zero-order valence-corrected chi connectivity index (χ0v) is 13.5. The van der Waals surface area contributed by atoms with Crippen molar-refractivity contribution in [1.29, 1.82) is 0 Å². The number of hydrogen-bond donors (Lipinski definition) is 2. The molecule has 1 fully saturated rings. The summed E-state index contributed by atoms with van der Waals surface area (Å²) in [5.74, 6) is -0.387. The second-order valence-corrected chi connectivity index (χ2v) is 6.36. The van der Waals surface area contributed by atoms with Crippen LogP contribution in [0.2, 0.25) is 0 Å². The van der Waals surface area contributed by atoms with Crippen molar-refractivity contribution < 1.29 is 23.1 Å². The number of halogens is 3. The van der Waals surface area contributed by atoms with Crippen molar-refractivity contribution in [1.82, 2.24) is 15.1 Å². The van der Waals surface area contributed by atoms with E-state index in [1.807, 2.05) is 0 Å². The average Bonchev–Trinajstić information content (AvgIpc) is 2.95. The van der Waals surface area contributed by atoms with Gasteiger partial charge in [-0.1, -0.05) is 0 Å². The molecule has 1 saturated carbocycles. The third-order valence-corrected chi connectivity index (χ3v) is 4.47. The Balaban J connectivity index is 1.76. The highest BCUT2D eigenvalue weighted by Crippen LogP contribution is 2.38. The summed E-state index contributed by atoms with van der Waals surface area (Å²) in [4.78, 5) is 12.4. The second-order valence-electron chi connectivity index (χ2n) is 6.36. The number of alkyl halides is 3. The molecule has 1 heterocycles. The number of carbonyl (C=O) groups is 1. The van der Waals surface area contributed by atoms with Crippen LogP contribution in [0.15, 0.2) is 36.7 Å². The van der Waals surface area contributed by atoms with E-state index in [4.69, 9.17) is 0 Å². The molecule has 1 aliphatic rings. The molecule has 2 N–H and O–H groups in total. The molecule has 0 spiro atoms. The summed E-state index contributed by atoms with van der Waals surface area (Å²) >= 11 is 0. The minimum atomic E-state index is -4.44. The van der Waals surface area contributed by atoms with Crippen LogP contribution in [0.5, 0.6) is 0 Å². The minimum absolute atomic E-state index is 0.0672. The molecule has 1 aromatic heterocycles. The van der Waals surface area contributed by atoms with E-state index in [1.165, 1.54) is 0 Å². The lowest BCUT2D eigenvalue weighted by Gasteiger charge is -2.37. The van der Waals surface area contributed by atoms with Crippen LogP contribution in [0.1, 0.15) is 40.4 Å². The Morgan fingerprint density at radius 1 is 1.32 bits per heavy atom. The normalized spacial score (nSPS) is 21.5. The fraction of sp³-hybridized carbons (Fsp3) is 0.412. The van der Waals surface area contributed by atoms with Crippen LogP contribution in [-0.4, -0.2) is 26.9 Å². The highest BCUT2D eigenvalue weighted by molar-refractivity contribution is 5.94. The first-order valence-corrected chi connectivity index (χ1v) is 7.89. The molecule has 134 valence electrons. The molecule has 1 atom stereocenters. The molecule has 1 amide bonds. The van der Waals surface area contributed by atoms with Gasteiger partial charge in [0.1, 0.15) is 0 Å². The van der Waals surface area contributed by atoms with E-state index in [0.717, 1.165) is 29.8 Å². The third-order valence-electron chi connectivity index (χ3n) is 4.47. The van der Waals surface area contributed by atoms with Gasteiger partial charge in [-0.05, 0) is 43.0 Å². The predicted molar refractivity (Wildman–Crippen MR) is 83.6 cm³/mol. The number of aliphatic hydroxyl groups is 1. The van der Waals surface area contributed by atoms with Crippen molar-refractivity contribution in [2.24, 2.45) is 13.0 Å². The Hall–Kier alpha value is -2.35. The number of aryl methyl sites for hydroxylation is 1. The summed E-state index contributed by atoms with van der Waals surface area (Å²) in [5, 5.41) is 16.5.